The zero-order valence-electron chi connectivity index (χ0n) is 19.3. The number of carbonyl (C=O) groups excluding carboxylic acids is 1. The van der Waals surface area contributed by atoms with Gasteiger partial charge in [0, 0.05) is 39.9 Å². The highest BCUT2D eigenvalue weighted by Crippen LogP contribution is 2.40. The molecule has 1 heterocycles. The Hall–Kier alpha value is -3.99. The molecule has 0 atom stereocenters. The summed E-state index contributed by atoms with van der Waals surface area (Å²) in [5.74, 6) is 1.20. The summed E-state index contributed by atoms with van der Waals surface area (Å²) in [6.45, 7) is 4.00. The Morgan fingerprint density at radius 2 is 1.70 bits per heavy atom. The summed E-state index contributed by atoms with van der Waals surface area (Å²) >= 11 is 0. The normalized spacial score (nSPS) is 11.5. The number of anilines is 1. The number of aryl methyl sites for hydroxylation is 1. The number of carbonyl (C=O) groups is 1. The molecule has 0 bridgehead atoms. The lowest BCUT2D eigenvalue weighted by Crippen LogP contribution is -2.08. The minimum absolute atomic E-state index is 0.198. The van der Waals surface area contributed by atoms with Crippen molar-refractivity contribution in [2.24, 2.45) is 0 Å². The number of furan rings is 1. The number of rotatable bonds is 7. The van der Waals surface area contributed by atoms with Crippen LogP contribution < -0.4 is 14.8 Å². The standard InChI is InChI=1S/C28H27NO4/c1-5-19-10-12-20(13-11-19)29-28(30)14-18(2)22-15-23-24(17-33-27(23)16-26(22)32-4)21-8-6-7-9-25(21)31-3/h6-17H,5H2,1-4H3,(H,29,30)/b18-14+. The van der Waals surface area contributed by atoms with Crippen LogP contribution in [0.4, 0.5) is 5.69 Å². The molecule has 1 aromatic heterocycles. The van der Waals surface area contributed by atoms with Crippen LogP contribution in [0.3, 0.4) is 0 Å². The van der Waals surface area contributed by atoms with E-state index in [9.17, 15) is 4.79 Å². The number of methoxy groups -OCH3 is 2. The van der Waals surface area contributed by atoms with E-state index in [1.165, 1.54) is 5.56 Å². The van der Waals surface area contributed by atoms with Gasteiger partial charge < -0.3 is 19.2 Å². The Labute approximate surface area is 193 Å². The SMILES string of the molecule is CCc1ccc(NC(=O)/C=C(\C)c2cc3c(-c4ccccc4OC)coc3cc2OC)cc1. The van der Waals surface area contributed by atoms with Gasteiger partial charge in [-0.25, -0.2) is 0 Å². The summed E-state index contributed by atoms with van der Waals surface area (Å²) in [6, 6.07) is 19.5. The number of fused-ring (bicyclic) bond motifs is 1. The number of ether oxygens (including phenoxy) is 2. The molecule has 0 saturated heterocycles. The van der Waals surface area contributed by atoms with Crippen molar-refractivity contribution in [3.63, 3.8) is 0 Å². The molecule has 0 spiro atoms. The quantitative estimate of drug-likeness (QED) is 0.323. The Kier molecular flexibility index (Phi) is 6.50. The van der Waals surface area contributed by atoms with Crippen molar-refractivity contribution in [2.75, 3.05) is 19.5 Å². The monoisotopic (exact) mass is 441 g/mol. The lowest BCUT2D eigenvalue weighted by Gasteiger charge is -2.11. The van der Waals surface area contributed by atoms with Gasteiger partial charge in [-0.15, -0.1) is 0 Å². The van der Waals surface area contributed by atoms with Gasteiger partial charge in [0.1, 0.15) is 17.1 Å². The van der Waals surface area contributed by atoms with Crippen molar-refractivity contribution in [3.05, 3.63) is 84.1 Å². The van der Waals surface area contributed by atoms with Gasteiger partial charge >= 0.3 is 0 Å². The molecular weight excluding hydrogens is 414 g/mol. The zero-order valence-corrected chi connectivity index (χ0v) is 19.3. The molecule has 0 fully saturated rings. The van der Waals surface area contributed by atoms with Crippen molar-refractivity contribution in [2.45, 2.75) is 20.3 Å². The van der Waals surface area contributed by atoms with E-state index < -0.39 is 0 Å². The van der Waals surface area contributed by atoms with Gasteiger partial charge in [-0.2, -0.15) is 0 Å². The fraction of sp³-hybridized carbons (Fsp3) is 0.179. The molecule has 0 aliphatic rings. The summed E-state index contributed by atoms with van der Waals surface area (Å²) < 4.78 is 17.0. The zero-order chi connectivity index (χ0) is 23.4. The predicted octanol–water partition coefficient (Wildman–Crippen LogP) is 6.72. The highest BCUT2D eigenvalue weighted by molar-refractivity contribution is 6.05. The first-order valence-corrected chi connectivity index (χ1v) is 10.8. The predicted molar refractivity (Wildman–Crippen MR) is 133 cm³/mol. The first-order valence-electron chi connectivity index (χ1n) is 10.8. The Balaban J connectivity index is 1.70. The summed E-state index contributed by atoms with van der Waals surface area (Å²) in [5, 5.41) is 3.84. The largest absolute Gasteiger partial charge is 0.496 e. The Morgan fingerprint density at radius 3 is 2.39 bits per heavy atom. The van der Waals surface area contributed by atoms with Gasteiger partial charge in [-0.3, -0.25) is 4.79 Å². The second kappa shape index (κ2) is 9.65. The summed E-state index contributed by atoms with van der Waals surface area (Å²) in [7, 11) is 3.26. The molecule has 0 saturated carbocycles. The topological polar surface area (TPSA) is 60.7 Å². The second-order valence-electron chi connectivity index (χ2n) is 7.77. The number of allylic oxidation sites excluding steroid dienone is 1. The van der Waals surface area contributed by atoms with E-state index in [0.29, 0.717) is 11.3 Å². The van der Waals surface area contributed by atoms with Crippen molar-refractivity contribution in [1.29, 1.82) is 0 Å². The molecule has 3 aromatic carbocycles. The van der Waals surface area contributed by atoms with Crippen molar-refractivity contribution >= 4 is 28.1 Å². The maximum absolute atomic E-state index is 12.7. The number of hydrogen-bond donors (Lipinski definition) is 1. The molecule has 0 aliphatic carbocycles. The third-order valence-electron chi connectivity index (χ3n) is 5.69. The molecule has 1 amide bonds. The van der Waals surface area contributed by atoms with Crippen LogP contribution in [-0.4, -0.2) is 20.1 Å². The molecule has 0 unspecified atom stereocenters. The third-order valence-corrected chi connectivity index (χ3v) is 5.69. The van der Waals surface area contributed by atoms with Gasteiger partial charge in [0.2, 0.25) is 5.91 Å². The average Bonchev–Trinajstić information content (AvgIpc) is 3.26. The maximum Gasteiger partial charge on any atom is 0.248 e. The van der Waals surface area contributed by atoms with Crippen LogP contribution in [0.5, 0.6) is 11.5 Å². The molecule has 4 rings (SSSR count). The molecule has 5 heteroatoms. The summed E-state index contributed by atoms with van der Waals surface area (Å²) in [4.78, 5) is 12.7. The van der Waals surface area contributed by atoms with Gasteiger partial charge in [-0.1, -0.05) is 37.3 Å². The van der Waals surface area contributed by atoms with E-state index >= 15 is 0 Å². The molecule has 1 N–H and O–H groups in total. The van der Waals surface area contributed by atoms with E-state index in [2.05, 4.69) is 12.2 Å². The van der Waals surface area contributed by atoms with Crippen molar-refractivity contribution < 1.29 is 18.7 Å². The lowest BCUT2D eigenvalue weighted by molar-refractivity contribution is -0.111. The van der Waals surface area contributed by atoms with Gasteiger partial charge in [-0.05, 0) is 48.7 Å². The number of hydrogen-bond acceptors (Lipinski definition) is 4. The van der Waals surface area contributed by atoms with E-state index in [1.54, 1.807) is 26.6 Å². The van der Waals surface area contributed by atoms with Crippen LogP contribution in [0.1, 0.15) is 25.0 Å². The molecule has 33 heavy (non-hydrogen) atoms. The fourth-order valence-electron chi connectivity index (χ4n) is 3.88. The van der Waals surface area contributed by atoms with Crippen LogP contribution >= 0.6 is 0 Å². The molecular formula is C28H27NO4. The molecule has 4 aromatic rings. The number of para-hydroxylation sites is 1. The number of amides is 1. The Bertz CT molecular complexity index is 1320. The first kappa shape index (κ1) is 22.2. The third kappa shape index (κ3) is 4.62. The molecule has 0 aliphatic heterocycles. The average molecular weight is 442 g/mol. The summed E-state index contributed by atoms with van der Waals surface area (Å²) in [6.07, 6.45) is 4.26. The summed E-state index contributed by atoms with van der Waals surface area (Å²) in [5.41, 5.74) is 6.14. The molecule has 0 radical (unpaired) electrons. The second-order valence-corrected chi connectivity index (χ2v) is 7.77. The highest BCUT2D eigenvalue weighted by atomic mass is 16.5. The van der Waals surface area contributed by atoms with E-state index in [1.807, 2.05) is 67.6 Å². The van der Waals surface area contributed by atoms with Crippen molar-refractivity contribution in [3.8, 4) is 22.6 Å². The highest BCUT2D eigenvalue weighted by Gasteiger charge is 2.17. The van der Waals surface area contributed by atoms with Crippen LogP contribution in [0.15, 0.2) is 77.4 Å². The molecule has 5 nitrogen and oxygen atoms in total. The van der Waals surface area contributed by atoms with Gasteiger partial charge in [0.05, 0.1) is 20.5 Å². The van der Waals surface area contributed by atoms with E-state index in [-0.39, 0.29) is 5.91 Å². The fourth-order valence-corrected chi connectivity index (χ4v) is 3.88. The van der Waals surface area contributed by atoms with E-state index in [4.69, 9.17) is 13.9 Å². The van der Waals surface area contributed by atoms with Crippen LogP contribution in [0.25, 0.3) is 27.7 Å². The maximum atomic E-state index is 12.7. The minimum Gasteiger partial charge on any atom is -0.496 e. The van der Waals surface area contributed by atoms with Gasteiger partial charge in [0.15, 0.2) is 0 Å². The Morgan fingerprint density at radius 1 is 0.970 bits per heavy atom. The van der Waals surface area contributed by atoms with Crippen molar-refractivity contribution in [1.82, 2.24) is 0 Å². The minimum atomic E-state index is -0.198. The smallest absolute Gasteiger partial charge is 0.248 e. The molecule has 168 valence electrons. The number of benzene rings is 3. The van der Waals surface area contributed by atoms with Crippen LogP contribution in [0, 0.1) is 0 Å². The van der Waals surface area contributed by atoms with Crippen LogP contribution in [0.2, 0.25) is 0 Å². The number of nitrogens with one attached hydrogen (secondary N) is 1. The first-order chi connectivity index (χ1) is 16.0. The van der Waals surface area contributed by atoms with E-state index in [0.717, 1.165) is 45.5 Å². The lowest BCUT2D eigenvalue weighted by atomic mass is 9.98. The van der Waals surface area contributed by atoms with Gasteiger partial charge in [0.25, 0.3) is 0 Å². The van der Waals surface area contributed by atoms with Crippen LogP contribution in [-0.2, 0) is 11.2 Å².